The Labute approximate surface area is 118 Å². The summed E-state index contributed by atoms with van der Waals surface area (Å²) in [6.45, 7) is 3.97. The maximum atomic E-state index is 11.9. The largest absolute Gasteiger partial charge is 0.491 e. The number of ketones is 1. The summed E-state index contributed by atoms with van der Waals surface area (Å²) >= 11 is 0. The highest BCUT2D eigenvalue weighted by atomic mass is 16.5. The first-order valence-electron chi connectivity index (χ1n) is 6.54. The van der Waals surface area contributed by atoms with Crippen molar-refractivity contribution >= 4 is 11.9 Å². The quantitative estimate of drug-likeness (QED) is 0.611. The molecule has 0 amide bonds. The predicted molar refractivity (Wildman–Crippen MR) is 79.8 cm³/mol. The van der Waals surface area contributed by atoms with E-state index in [1.54, 1.807) is 36.7 Å². The predicted octanol–water partition coefficient (Wildman–Crippen LogP) is 3.76. The van der Waals surface area contributed by atoms with Crippen LogP contribution < -0.4 is 4.74 Å². The van der Waals surface area contributed by atoms with Gasteiger partial charge in [0.2, 0.25) is 0 Å². The van der Waals surface area contributed by atoms with Crippen LogP contribution in [0.4, 0.5) is 0 Å². The number of rotatable bonds is 5. The summed E-state index contributed by atoms with van der Waals surface area (Å²) in [5.74, 6) is 0.774. The first-order chi connectivity index (χ1) is 9.65. The van der Waals surface area contributed by atoms with Crippen molar-refractivity contribution in [3.8, 4) is 5.75 Å². The Morgan fingerprint density at radius 2 is 1.95 bits per heavy atom. The Balaban J connectivity index is 2.03. The number of ether oxygens (including phenoxy) is 1. The van der Waals surface area contributed by atoms with Gasteiger partial charge in [-0.3, -0.25) is 9.78 Å². The molecule has 0 unspecified atom stereocenters. The molecule has 0 bridgehead atoms. The standard InChI is InChI=1S/C17H17NO2/c1-13(2)20-16-8-5-14(6-9-16)7-10-17(19)15-4-3-11-18-12-15/h3-13H,1-2H3/b10-7+. The molecule has 0 aliphatic carbocycles. The molecule has 1 aromatic carbocycles. The summed E-state index contributed by atoms with van der Waals surface area (Å²) < 4.78 is 5.56. The molecule has 1 aromatic heterocycles. The highest BCUT2D eigenvalue weighted by Gasteiger charge is 2.00. The fourth-order valence-electron chi connectivity index (χ4n) is 1.71. The normalized spacial score (nSPS) is 10.9. The maximum Gasteiger partial charge on any atom is 0.187 e. The molecule has 0 saturated carbocycles. The third-order valence-electron chi connectivity index (χ3n) is 2.63. The third kappa shape index (κ3) is 4.05. The number of hydrogen-bond acceptors (Lipinski definition) is 3. The average molecular weight is 267 g/mol. The molecular formula is C17H17NO2. The van der Waals surface area contributed by atoms with Crippen molar-refractivity contribution in [1.29, 1.82) is 0 Å². The van der Waals surface area contributed by atoms with E-state index in [0.29, 0.717) is 5.56 Å². The zero-order chi connectivity index (χ0) is 14.4. The molecule has 2 aromatic rings. The molecule has 3 heteroatoms. The molecule has 0 spiro atoms. The van der Waals surface area contributed by atoms with Gasteiger partial charge in [-0.1, -0.05) is 18.2 Å². The minimum Gasteiger partial charge on any atom is -0.491 e. The Kier molecular flexibility index (Phi) is 4.66. The van der Waals surface area contributed by atoms with E-state index in [0.717, 1.165) is 11.3 Å². The molecule has 0 aliphatic heterocycles. The van der Waals surface area contributed by atoms with Crippen LogP contribution in [0.25, 0.3) is 6.08 Å². The average Bonchev–Trinajstić information content (AvgIpc) is 2.46. The minimum atomic E-state index is -0.0550. The van der Waals surface area contributed by atoms with Crippen molar-refractivity contribution < 1.29 is 9.53 Å². The summed E-state index contributed by atoms with van der Waals surface area (Å²) in [5, 5.41) is 0. The molecule has 0 atom stereocenters. The van der Waals surface area contributed by atoms with Gasteiger partial charge in [-0.2, -0.15) is 0 Å². The number of benzene rings is 1. The summed E-state index contributed by atoms with van der Waals surface area (Å²) in [5.41, 5.74) is 1.54. The molecule has 3 nitrogen and oxygen atoms in total. The van der Waals surface area contributed by atoms with Gasteiger partial charge >= 0.3 is 0 Å². The summed E-state index contributed by atoms with van der Waals surface area (Å²) in [4.78, 5) is 15.8. The van der Waals surface area contributed by atoms with E-state index < -0.39 is 0 Å². The van der Waals surface area contributed by atoms with Crippen molar-refractivity contribution in [2.75, 3.05) is 0 Å². The fourth-order valence-corrected chi connectivity index (χ4v) is 1.71. The van der Waals surface area contributed by atoms with Crippen molar-refractivity contribution in [2.45, 2.75) is 20.0 Å². The topological polar surface area (TPSA) is 39.2 Å². The van der Waals surface area contributed by atoms with Crippen LogP contribution in [0.2, 0.25) is 0 Å². The van der Waals surface area contributed by atoms with E-state index in [1.165, 1.54) is 0 Å². The molecular weight excluding hydrogens is 250 g/mol. The van der Waals surface area contributed by atoms with E-state index in [9.17, 15) is 4.79 Å². The summed E-state index contributed by atoms with van der Waals surface area (Å²) in [6.07, 6.45) is 6.70. The van der Waals surface area contributed by atoms with Crippen molar-refractivity contribution in [3.05, 3.63) is 66.0 Å². The van der Waals surface area contributed by atoms with E-state index in [-0.39, 0.29) is 11.9 Å². The van der Waals surface area contributed by atoms with E-state index in [4.69, 9.17) is 4.74 Å². The second-order valence-electron chi connectivity index (χ2n) is 4.67. The van der Waals surface area contributed by atoms with Crippen LogP contribution in [0.5, 0.6) is 5.75 Å². The van der Waals surface area contributed by atoms with Crippen molar-refractivity contribution in [2.24, 2.45) is 0 Å². The van der Waals surface area contributed by atoms with Crippen LogP contribution >= 0.6 is 0 Å². The molecule has 1 heterocycles. The van der Waals surface area contributed by atoms with Gasteiger partial charge in [0, 0.05) is 18.0 Å². The lowest BCUT2D eigenvalue weighted by atomic mass is 10.1. The van der Waals surface area contributed by atoms with Crippen molar-refractivity contribution in [3.63, 3.8) is 0 Å². The van der Waals surface area contributed by atoms with Crippen LogP contribution in [0.15, 0.2) is 54.9 Å². The molecule has 0 radical (unpaired) electrons. The number of nitrogens with zero attached hydrogens (tertiary/aromatic N) is 1. The molecule has 0 saturated heterocycles. The first kappa shape index (κ1) is 14.0. The number of pyridine rings is 1. The summed E-state index contributed by atoms with van der Waals surface area (Å²) in [7, 11) is 0. The lowest BCUT2D eigenvalue weighted by Crippen LogP contribution is -2.05. The number of carbonyl (C=O) groups is 1. The van der Waals surface area contributed by atoms with Gasteiger partial charge in [-0.05, 0) is 49.8 Å². The number of carbonyl (C=O) groups excluding carboxylic acids is 1. The lowest BCUT2D eigenvalue weighted by molar-refractivity contribution is 0.104. The number of aromatic nitrogens is 1. The number of hydrogen-bond donors (Lipinski definition) is 0. The van der Waals surface area contributed by atoms with Gasteiger partial charge in [0.05, 0.1) is 6.10 Å². The Bertz CT molecular complexity index is 586. The Morgan fingerprint density at radius 1 is 1.20 bits per heavy atom. The van der Waals surface area contributed by atoms with Crippen LogP contribution in [0.3, 0.4) is 0 Å². The van der Waals surface area contributed by atoms with Crippen LogP contribution in [0.1, 0.15) is 29.8 Å². The molecule has 0 fully saturated rings. The smallest absolute Gasteiger partial charge is 0.187 e. The second kappa shape index (κ2) is 6.66. The first-order valence-corrected chi connectivity index (χ1v) is 6.54. The van der Waals surface area contributed by atoms with Crippen LogP contribution in [-0.2, 0) is 0 Å². The van der Waals surface area contributed by atoms with Gasteiger partial charge in [-0.25, -0.2) is 0 Å². The van der Waals surface area contributed by atoms with E-state index >= 15 is 0 Å². The minimum absolute atomic E-state index is 0.0550. The molecule has 20 heavy (non-hydrogen) atoms. The molecule has 2 rings (SSSR count). The van der Waals surface area contributed by atoms with Gasteiger partial charge in [0.15, 0.2) is 5.78 Å². The third-order valence-corrected chi connectivity index (χ3v) is 2.63. The van der Waals surface area contributed by atoms with Crippen molar-refractivity contribution in [1.82, 2.24) is 4.98 Å². The van der Waals surface area contributed by atoms with Crippen LogP contribution in [0, 0.1) is 0 Å². The van der Waals surface area contributed by atoms with E-state index in [2.05, 4.69) is 4.98 Å². The zero-order valence-electron chi connectivity index (χ0n) is 11.6. The number of allylic oxidation sites excluding steroid dienone is 1. The Morgan fingerprint density at radius 3 is 2.55 bits per heavy atom. The van der Waals surface area contributed by atoms with Gasteiger partial charge in [0.1, 0.15) is 5.75 Å². The van der Waals surface area contributed by atoms with Crippen LogP contribution in [-0.4, -0.2) is 16.9 Å². The van der Waals surface area contributed by atoms with Gasteiger partial charge in [-0.15, -0.1) is 0 Å². The van der Waals surface area contributed by atoms with Gasteiger partial charge in [0.25, 0.3) is 0 Å². The summed E-state index contributed by atoms with van der Waals surface area (Å²) in [6, 6.07) is 11.1. The maximum absolute atomic E-state index is 11.9. The second-order valence-corrected chi connectivity index (χ2v) is 4.67. The Hall–Kier alpha value is -2.42. The molecule has 0 N–H and O–H groups in total. The zero-order valence-corrected chi connectivity index (χ0v) is 11.6. The SMILES string of the molecule is CC(C)Oc1ccc(/C=C/C(=O)c2cccnc2)cc1. The monoisotopic (exact) mass is 267 g/mol. The highest BCUT2D eigenvalue weighted by molar-refractivity contribution is 6.06. The fraction of sp³-hybridized carbons (Fsp3) is 0.176. The van der Waals surface area contributed by atoms with E-state index in [1.807, 2.05) is 38.1 Å². The molecule has 102 valence electrons. The van der Waals surface area contributed by atoms with Gasteiger partial charge < -0.3 is 4.74 Å². The highest BCUT2D eigenvalue weighted by Crippen LogP contribution is 2.15. The molecule has 0 aliphatic rings. The lowest BCUT2D eigenvalue weighted by Gasteiger charge is -2.09.